The van der Waals surface area contributed by atoms with Crippen LogP contribution in [0.1, 0.15) is 18.6 Å². The van der Waals surface area contributed by atoms with Crippen molar-refractivity contribution >= 4 is 40.5 Å². The van der Waals surface area contributed by atoms with Gasteiger partial charge in [-0.05, 0) is 54.9 Å². The summed E-state index contributed by atoms with van der Waals surface area (Å²) in [7, 11) is 0. The van der Waals surface area contributed by atoms with Gasteiger partial charge in [-0.1, -0.05) is 0 Å². The molecule has 1 amide bonds. The molecule has 2 aliphatic heterocycles. The first-order chi connectivity index (χ1) is 12.2. The molecule has 0 radical (unpaired) electrons. The van der Waals surface area contributed by atoms with Gasteiger partial charge in [0.05, 0.1) is 10.6 Å². The number of amides is 1. The van der Waals surface area contributed by atoms with Crippen LogP contribution in [0, 0.1) is 5.82 Å². The maximum Gasteiger partial charge on any atom is 0.264 e. The first kappa shape index (κ1) is 16.0. The third-order valence-corrected chi connectivity index (χ3v) is 4.92. The van der Waals surface area contributed by atoms with E-state index in [1.54, 1.807) is 18.2 Å². The number of carbonyl (C=O) groups excluding carboxylic acids is 1. The Balaban J connectivity index is 1.50. The molecule has 1 aromatic heterocycles. The van der Waals surface area contributed by atoms with E-state index < -0.39 is 0 Å². The van der Waals surface area contributed by atoms with Gasteiger partial charge in [0.25, 0.3) is 5.91 Å². The fourth-order valence-corrected chi connectivity index (χ4v) is 3.59. The van der Waals surface area contributed by atoms with E-state index in [2.05, 4.69) is 15.2 Å². The Hall–Kier alpha value is -2.54. The molecule has 1 N–H and O–H groups in total. The molecule has 2 aliphatic rings. The van der Waals surface area contributed by atoms with E-state index in [-0.39, 0.29) is 11.7 Å². The molecule has 0 spiro atoms. The van der Waals surface area contributed by atoms with Crippen LogP contribution in [-0.2, 0) is 4.79 Å². The summed E-state index contributed by atoms with van der Waals surface area (Å²) in [5, 5.41) is 3.18. The average molecular weight is 357 g/mol. The maximum absolute atomic E-state index is 12.9. The number of amidine groups is 1. The molecule has 2 saturated heterocycles. The van der Waals surface area contributed by atoms with Crippen LogP contribution < -0.4 is 10.2 Å². The summed E-state index contributed by atoms with van der Waals surface area (Å²) in [4.78, 5) is 19.1. The monoisotopic (exact) mass is 357 g/mol. The van der Waals surface area contributed by atoms with E-state index in [9.17, 15) is 9.18 Å². The van der Waals surface area contributed by atoms with E-state index in [1.165, 1.54) is 36.7 Å². The SMILES string of the molecule is O=C1NC(=Nc2ccc(F)cc2)S/C1=C\c1ccc(N2CCCC2)o1. The highest BCUT2D eigenvalue weighted by molar-refractivity contribution is 8.18. The molecule has 0 aliphatic carbocycles. The topological polar surface area (TPSA) is 57.8 Å². The Bertz CT molecular complexity index is 851. The smallest absolute Gasteiger partial charge is 0.264 e. The van der Waals surface area contributed by atoms with E-state index in [0.717, 1.165) is 19.0 Å². The summed E-state index contributed by atoms with van der Waals surface area (Å²) < 4.78 is 18.8. The molecule has 0 unspecified atom stereocenters. The molecule has 128 valence electrons. The number of nitrogens with one attached hydrogen (secondary N) is 1. The van der Waals surface area contributed by atoms with Gasteiger partial charge in [-0.2, -0.15) is 0 Å². The van der Waals surface area contributed by atoms with Gasteiger partial charge >= 0.3 is 0 Å². The van der Waals surface area contributed by atoms with Crippen molar-refractivity contribution in [3.8, 4) is 0 Å². The number of carbonyl (C=O) groups is 1. The zero-order valence-corrected chi connectivity index (χ0v) is 14.2. The van der Waals surface area contributed by atoms with Gasteiger partial charge in [0.1, 0.15) is 11.6 Å². The van der Waals surface area contributed by atoms with Gasteiger partial charge in [0, 0.05) is 25.2 Å². The molecule has 5 nitrogen and oxygen atoms in total. The standard InChI is InChI=1S/C18H16FN3O2S/c19-12-3-5-13(6-4-12)20-18-21-17(23)15(25-18)11-14-7-8-16(24-14)22-9-1-2-10-22/h3-8,11H,1-2,9-10H2,(H,20,21,23)/b15-11-. The second-order valence-corrected chi connectivity index (χ2v) is 6.86. The number of hydrogen-bond donors (Lipinski definition) is 1. The molecule has 0 saturated carbocycles. The quantitative estimate of drug-likeness (QED) is 0.846. The Labute approximate surface area is 148 Å². The highest BCUT2D eigenvalue weighted by Gasteiger charge is 2.24. The number of benzene rings is 1. The highest BCUT2D eigenvalue weighted by atomic mass is 32.2. The molecular formula is C18H16FN3O2S. The van der Waals surface area contributed by atoms with Crippen molar-refractivity contribution in [1.29, 1.82) is 0 Å². The van der Waals surface area contributed by atoms with Crippen LogP contribution in [0.4, 0.5) is 16.0 Å². The van der Waals surface area contributed by atoms with E-state index >= 15 is 0 Å². The Morgan fingerprint density at radius 1 is 1.16 bits per heavy atom. The van der Waals surface area contributed by atoms with Crippen LogP contribution >= 0.6 is 11.8 Å². The Kier molecular flexibility index (Phi) is 4.31. The molecule has 7 heteroatoms. The number of anilines is 1. The van der Waals surface area contributed by atoms with Gasteiger partial charge in [0.15, 0.2) is 11.1 Å². The third kappa shape index (κ3) is 3.61. The second-order valence-electron chi connectivity index (χ2n) is 5.83. The van der Waals surface area contributed by atoms with Crippen molar-refractivity contribution < 1.29 is 13.6 Å². The molecule has 2 aromatic rings. The van der Waals surface area contributed by atoms with Crippen LogP contribution in [0.3, 0.4) is 0 Å². The van der Waals surface area contributed by atoms with Crippen molar-refractivity contribution in [2.75, 3.05) is 18.0 Å². The lowest BCUT2D eigenvalue weighted by Crippen LogP contribution is -2.19. The number of hydrogen-bond acceptors (Lipinski definition) is 5. The third-order valence-electron chi connectivity index (χ3n) is 4.01. The number of nitrogens with zero attached hydrogens (tertiary/aromatic N) is 2. The summed E-state index contributed by atoms with van der Waals surface area (Å²) in [6.07, 6.45) is 4.07. The van der Waals surface area contributed by atoms with Crippen LogP contribution in [-0.4, -0.2) is 24.2 Å². The minimum Gasteiger partial charge on any atom is -0.441 e. The minimum absolute atomic E-state index is 0.218. The zero-order chi connectivity index (χ0) is 17.2. The van der Waals surface area contributed by atoms with Crippen LogP contribution in [0.2, 0.25) is 0 Å². The van der Waals surface area contributed by atoms with E-state index in [0.29, 0.717) is 21.5 Å². The molecule has 4 rings (SSSR count). The molecule has 25 heavy (non-hydrogen) atoms. The molecule has 2 fully saturated rings. The summed E-state index contributed by atoms with van der Waals surface area (Å²) >= 11 is 1.24. The van der Waals surface area contributed by atoms with Gasteiger partial charge < -0.3 is 14.6 Å². The number of rotatable bonds is 3. The summed E-state index contributed by atoms with van der Waals surface area (Å²) in [5.41, 5.74) is 0.583. The Morgan fingerprint density at radius 3 is 2.68 bits per heavy atom. The first-order valence-corrected chi connectivity index (χ1v) is 8.89. The summed E-state index contributed by atoms with van der Waals surface area (Å²) in [6.45, 7) is 2.01. The fourth-order valence-electron chi connectivity index (χ4n) is 2.77. The highest BCUT2D eigenvalue weighted by Crippen LogP contribution is 2.30. The number of furan rings is 1. The number of halogens is 1. The van der Waals surface area contributed by atoms with Crippen molar-refractivity contribution in [2.45, 2.75) is 12.8 Å². The lowest BCUT2D eigenvalue weighted by atomic mass is 10.3. The van der Waals surface area contributed by atoms with Gasteiger partial charge in [-0.25, -0.2) is 9.38 Å². The molecule has 1 aromatic carbocycles. The van der Waals surface area contributed by atoms with Gasteiger partial charge in [0.2, 0.25) is 0 Å². The normalized spacial score (nSPS) is 20.7. The Morgan fingerprint density at radius 2 is 1.92 bits per heavy atom. The fraction of sp³-hybridized carbons (Fsp3) is 0.222. The maximum atomic E-state index is 12.9. The van der Waals surface area contributed by atoms with Gasteiger partial charge in [-0.3, -0.25) is 4.79 Å². The summed E-state index contributed by atoms with van der Waals surface area (Å²) in [6, 6.07) is 9.59. The lowest BCUT2D eigenvalue weighted by Gasteiger charge is -2.12. The summed E-state index contributed by atoms with van der Waals surface area (Å²) in [5.74, 6) is 0.944. The van der Waals surface area contributed by atoms with Crippen molar-refractivity contribution in [2.24, 2.45) is 4.99 Å². The predicted molar refractivity (Wildman–Crippen MR) is 97.4 cm³/mol. The molecule has 0 atom stereocenters. The number of aliphatic imine (C=N–C) groups is 1. The number of thioether (sulfide) groups is 1. The largest absolute Gasteiger partial charge is 0.441 e. The van der Waals surface area contributed by atoms with Crippen molar-refractivity contribution in [3.05, 3.63) is 52.9 Å². The first-order valence-electron chi connectivity index (χ1n) is 8.07. The predicted octanol–water partition coefficient (Wildman–Crippen LogP) is 3.91. The molecular weight excluding hydrogens is 341 g/mol. The average Bonchev–Trinajstić information content (AvgIpc) is 3.32. The van der Waals surface area contributed by atoms with E-state index in [4.69, 9.17) is 4.42 Å². The lowest BCUT2D eigenvalue weighted by molar-refractivity contribution is -0.115. The molecule has 0 bridgehead atoms. The van der Waals surface area contributed by atoms with Crippen LogP contribution in [0.25, 0.3) is 6.08 Å². The van der Waals surface area contributed by atoms with Crippen molar-refractivity contribution in [1.82, 2.24) is 5.32 Å². The zero-order valence-electron chi connectivity index (χ0n) is 13.4. The van der Waals surface area contributed by atoms with Gasteiger partial charge in [-0.15, -0.1) is 0 Å². The van der Waals surface area contributed by atoms with Crippen LogP contribution in [0.5, 0.6) is 0 Å². The second kappa shape index (κ2) is 6.76. The minimum atomic E-state index is -0.320. The molecule has 3 heterocycles. The van der Waals surface area contributed by atoms with E-state index in [1.807, 2.05) is 12.1 Å². The van der Waals surface area contributed by atoms with Crippen LogP contribution in [0.15, 0.2) is 50.7 Å². The van der Waals surface area contributed by atoms with Crippen molar-refractivity contribution in [3.63, 3.8) is 0 Å².